The largest absolute Gasteiger partial charge is 0.416 e. The summed E-state index contributed by atoms with van der Waals surface area (Å²) in [6.45, 7) is 0. The lowest BCUT2D eigenvalue weighted by Crippen LogP contribution is -2.07. The smallest absolute Gasteiger partial charge is 0.276 e. The Bertz CT molecular complexity index is 761. The van der Waals surface area contributed by atoms with Crippen molar-refractivity contribution >= 4 is 33.2 Å². The minimum atomic E-state index is -2.87. The third-order valence-electron chi connectivity index (χ3n) is 3.55. The maximum absolute atomic E-state index is 11.4. The fourth-order valence-electron chi connectivity index (χ4n) is 2.41. The van der Waals surface area contributed by atoms with Gasteiger partial charge in [-0.1, -0.05) is 41.6 Å². The summed E-state index contributed by atoms with van der Waals surface area (Å²) in [5, 5.41) is 9.19. The Hall–Kier alpha value is -1.05. The lowest BCUT2D eigenvalue weighted by atomic mass is 10.1. The predicted molar refractivity (Wildman–Crippen MR) is 85.8 cm³/mol. The van der Waals surface area contributed by atoms with E-state index in [4.69, 9.17) is 16.0 Å². The quantitative estimate of drug-likeness (QED) is 0.765. The second-order valence-corrected chi connectivity index (χ2v) is 8.88. The zero-order valence-electron chi connectivity index (χ0n) is 11.7. The topological polar surface area (TPSA) is 73.1 Å². The van der Waals surface area contributed by atoms with Crippen LogP contribution in [0.5, 0.6) is 0 Å². The lowest BCUT2D eigenvalue weighted by molar-refractivity contribution is 0.389. The van der Waals surface area contributed by atoms with Crippen LogP contribution < -0.4 is 0 Å². The van der Waals surface area contributed by atoms with E-state index in [9.17, 15) is 8.42 Å². The molecular weight excluding hydrogens is 344 g/mol. The Kier molecular flexibility index (Phi) is 4.75. The van der Waals surface area contributed by atoms with Crippen molar-refractivity contribution in [2.45, 2.75) is 23.8 Å². The van der Waals surface area contributed by atoms with Gasteiger partial charge >= 0.3 is 0 Å². The molecule has 0 radical (unpaired) electrons. The third kappa shape index (κ3) is 4.02. The Morgan fingerprint density at radius 3 is 2.86 bits per heavy atom. The van der Waals surface area contributed by atoms with E-state index in [1.165, 1.54) is 11.8 Å². The van der Waals surface area contributed by atoms with Crippen molar-refractivity contribution in [3.05, 3.63) is 40.7 Å². The Labute approximate surface area is 138 Å². The Morgan fingerprint density at radius 1 is 1.32 bits per heavy atom. The predicted octanol–water partition coefficient (Wildman–Crippen LogP) is 2.99. The highest BCUT2D eigenvalue weighted by molar-refractivity contribution is 7.98. The number of nitrogens with zero attached hydrogens (tertiary/aromatic N) is 2. The average molecular weight is 359 g/mol. The normalized spacial score (nSPS) is 20.3. The van der Waals surface area contributed by atoms with Gasteiger partial charge in [0.25, 0.3) is 5.22 Å². The number of sulfone groups is 1. The molecule has 1 aromatic heterocycles. The van der Waals surface area contributed by atoms with Gasteiger partial charge < -0.3 is 4.42 Å². The number of hydrogen-bond donors (Lipinski definition) is 0. The molecule has 0 aliphatic carbocycles. The second-order valence-electron chi connectivity index (χ2n) is 5.31. The zero-order valence-corrected chi connectivity index (χ0v) is 14.1. The van der Waals surface area contributed by atoms with Crippen LogP contribution in [0.1, 0.15) is 17.9 Å². The molecule has 1 aromatic carbocycles. The molecule has 1 atom stereocenters. The van der Waals surface area contributed by atoms with Gasteiger partial charge in [-0.25, -0.2) is 8.42 Å². The van der Waals surface area contributed by atoms with Gasteiger partial charge in [-0.15, -0.1) is 10.2 Å². The van der Waals surface area contributed by atoms with E-state index >= 15 is 0 Å². The van der Waals surface area contributed by atoms with Crippen molar-refractivity contribution < 1.29 is 12.8 Å². The number of benzene rings is 1. The summed E-state index contributed by atoms with van der Waals surface area (Å²) in [5.41, 5.74) is 1.01. The fourth-order valence-corrected chi connectivity index (χ4v) is 5.34. The van der Waals surface area contributed by atoms with E-state index in [-0.39, 0.29) is 17.4 Å². The van der Waals surface area contributed by atoms with E-state index in [1.807, 2.05) is 24.3 Å². The number of rotatable bonds is 5. The standard InChI is InChI=1S/C14H15ClN2O3S2/c15-12-4-2-1-3-11(12)8-21-14-17-16-13(20-14)7-10-5-6-22(18,19)9-10/h1-4,10H,5-9H2. The van der Waals surface area contributed by atoms with E-state index < -0.39 is 9.84 Å². The maximum Gasteiger partial charge on any atom is 0.276 e. The molecule has 1 saturated heterocycles. The minimum Gasteiger partial charge on any atom is -0.416 e. The average Bonchev–Trinajstić information content (AvgIpc) is 3.05. The molecule has 1 aliphatic rings. The van der Waals surface area contributed by atoms with Crippen LogP contribution in [0.2, 0.25) is 5.02 Å². The molecule has 8 heteroatoms. The number of aromatic nitrogens is 2. The molecule has 3 rings (SSSR count). The molecular formula is C14H15ClN2O3S2. The van der Waals surface area contributed by atoms with Gasteiger partial charge in [-0.05, 0) is 24.0 Å². The van der Waals surface area contributed by atoms with Crippen LogP contribution in [-0.4, -0.2) is 30.1 Å². The van der Waals surface area contributed by atoms with Crippen LogP contribution in [0.25, 0.3) is 0 Å². The molecule has 0 N–H and O–H groups in total. The van der Waals surface area contributed by atoms with Crippen LogP contribution in [0, 0.1) is 5.92 Å². The van der Waals surface area contributed by atoms with Crippen molar-refractivity contribution in [2.24, 2.45) is 5.92 Å². The van der Waals surface area contributed by atoms with Gasteiger partial charge in [0.1, 0.15) is 0 Å². The SMILES string of the molecule is O=S1(=O)CCC(Cc2nnc(SCc3ccccc3Cl)o2)C1. The molecule has 1 unspecified atom stereocenters. The van der Waals surface area contributed by atoms with Crippen molar-refractivity contribution in [2.75, 3.05) is 11.5 Å². The second kappa shape index (κ2) is 6.60. The first-order chi connectivity index (χ1) is 10.5. The molecule has 2 heterocycles. The third-order valence-corrected chi connectivity index (χ3v) is 6.62. The Balaban J connectivity index is 1.57. The van der Waals surface area contributed by atoms with Crippen LogP contribution in [-0.2, 0) is 22.0 Å². The van der Waals surface area contributed by atoms with Crippen molar-refractivity contribution in [3.63, 3.8) is 0 Å². The summed E-state index contributed by atoms with van der Waals surface area (Å²) in [5.74, 6) is 1.73. The van der Waals surface area contributed by atoms with Crippen molar-refractivity contribution in [3.8, 4) is 0 Å². The summed E-state index contributed by atoms with van der Waals surface area (Å²) in [6.07, 6.45) is 1.20. The van der Waals surface area contributed by atoms with Crippen LogP contribution in [0.4, 0.5) is 0 Å². The van der Waals surface area contributed by atoms with Crippen LogP contribution in [0.15, 0.2) is 33.9 Å². The fraction of sp³-hybridized carbons (Fsp3) is 0.429. The number of thioether (sulfide) groups is 1. The highest BCUT2D eigenvalue weighted by Crippen LogP contribution is 2.27. The minimum absolute atomic E-state index is 0.0897. The first-order valence-corrected chi connectivity index (χ1v) is 10.1. The number of halogens is 1. The maximum atomic E-state index is 11.4. The van der Waals surface area contributed by atoms with Gasteiger partial charge in [0.05, 0.1) is 11.5 Å². The first-order valence-electron chi connectivity index (χ1n) is 6.91. The summed E-state index contributed by atoms with van der Waals surface area (Å²) < 4.78 is 28.5. The van der Waals surface area contributed by atoms with E-state index in [1.54, 1.807) is 0 Å². The van der Waals surface area contributed by atoms with Gasteiger partial charge in [0.15, 0.2) is 9.84 Å². The molecule has 0 spiro atoms. The van der Waals surface area contributed by atoms with Crippen LogP contribution >= 0.6 is 23.4 Å². The summed E-state index contributed by atoms with van der Waals surface area (Å²) in [7, 11) is -2.87. The lowest BCUT2D eigenvalue weighted by Gasteiger charge is -2.02. The molecule has 0 bridgehead atoms. The van der Waals surface area contributed by atoms with E-state index in [0.717, 1.165) is 5.56 Å². The van der Waals surface area contributed by atoms with Crippen LogP contribution in [0.3, 0.4) is 0 Å². The highest BCUT2D eigenvalue weighted by atomic mass is 35.5. The molecule has 0 saturated carbocycles. The molecule has 118 valence electrons. The van der Waals surface area contributed by atoms with Gasteiger partial charge in [0, 0.05) is 17.2 Å². The van der Waals surface area contributed by atoms with Crippen molar-refractivity contribution in [1.82, 2.24) is 10.2 Å². The van der Waals surface area contributed by atoms with Crippen molar-refractivity contribution in [1.29, 1.82) is 0 Å². The molecule has 5 nitrogen and oxygen atoms in total. The first kappa shape index (κ1) is 15.8. The highest BCUT2D eigenvalue weighted by Gasteiger charge is 2.29. The monoisotopic (exact) mass is 358 g/mol. The molecule has 0 amide bonds. The van der Waals surface area contributed by atoms with E-state index in [2.05, 4.69) is 10.2 Å². The van der Waals surface area contributed by atoms with Gasteiger partial charge in [-0.3, -0.25) is 0 Å². The number of hydrogen-bond acceptors (Lipinski definition) is 6. The molecule has 1 aliphatic heterocycles. The summed E-state index contributed by atoms with van der Waals surface area (Å²) >= 11 is 7.52. The van der Waals surface area contributed by atoms with Gasteiger partial charge in [-0.2, -0.15) is 0 Å². The molecule has 2 aromatic rings. The molecule has 22 heavy (non-hydrogen) atoms. The summed E-state index contributed by atoms with van der Waals surface area (Å²) in [6, 6.07) is 7.62. The Morgan fingerprint density at radius 2 is 2.14 bits per heavy atom. The van der Waals surface area contributed by atoms with Gasteiger partial charge in [0.2, 0.25) is 5.89 Å². The summed E-state index contributed by atoms with van der Waals surface area (Å²) in [4.78, 5) is 0. The van der Waals surface area contributed by atoms with E-state index in [0.29, 0.717) is 34.7 Å². The molecule has 1 fully saturated rings. The zero-order chi connectivity index (χ0) is 15.6.